The smallest absolute Gasteiger partial charge is 0.163 e. The van der Waals surface area contributed by atoms with Crippen molar-refractivity contribution < 1.29 is 13.9 Å². The highest BCUT2D eigenvalue weighted by molar-refractivity contribution is 5.41. The molecule has 1 aliphatic heterocycles. The molecular weight excluding hydrogens is 417 g/mol. The number of methoxy groups -OCH3 is 1. The van der Waals surface area contributed by atoms with E-state index in [1.807, 2.05) is 13.0 Å². The number of aryl methyl sites for hydroxylation is 1. The molecule has 1 unspecified atom stereocenters. The Morgan fingerprint density at radius 2 is 1.85 bits per heavy atom. The van der Waals surface area contributed by atoms with Crippen molar-refractivity contribution >= 4 is 0 Å². The number of hydrogen-bond donors (Lipinski definition) is 0. The van der Waals surface area contributed by atoms with E-state index in [0.717, 1.165) is 50.3 Å². The lowest BCUT2D eigenvalue weighted by atomic mass is 9.95. The maximum Gasteiger partial charge on any atom is 0.163 e. The summed E-state index contributed by atoms with van der Waals surface area (Å²) in [4.78, 5) is 5.01. The van der Waals surface area contributed by atoms with Crippen LogP contribution in [0.4, 0.5) is 4.39 Å². The average molecular weight is 454 g/mol. The third-order valence-electron chi connectivity index (χ3n) is 6.48. The molecule has 3 rings (SSSR count). The quantitative estimate of drug-likeness (QED) is 0.430. The van der Waals surface area contributed by atoms with Crippen molar-refractivity contribution in [2.75, 3.05) is 46.4 Å². The Bertz CT molecular complexity index is 935. The molecule has 0 bridgehead atoms. The lowest BCUT2D eigenvalue weighted by Gasteiger charge is -2.39. The first-order valence-corrected chi connectivity index (χ1v) is 12.0. The second-order valence-corrected chi connectivity index (χ2v) is 8.72. The zero-order valence-electron chi connectivity index (χ0n) is 20.1. The molecule has 1 heterocycles. The van der Waals surface area contributed by atoms with Crippen molar-refractivity contribution in [3.63, 3.8) is 0 Å². The lowest BCUT2D eigenvalue weighted by molar-refractivity contribution is 0.0814. The Morgan fingerprint density at radius 1 is 1.06 bits per heavy atom. The van der Waals surface area contributed by atoms with E-state index >= 15 is 0 Å². The van der Waals surface area contributed by atoms with Crippen molar-refractivity contribution in [3.05, 3.63) is 58.9 Å². The second-order valence-electron chi connectivity index (χ2n) is 8.72. The highest BCUT2D eigenvalue weighted by atomic mass is 19.1. The van der Waals surface area contributed by atoms with Gasteiger partial charge in [0.1, 0.15) is 12.4 Å². The standard InChI is InChI=1S/C27H36FN3O2/c1-4-5-6-7-25(22-8-9-23(20-29)21(2)18-22)31-14-12-30(13-15-31)16-17-33-26-11-10-24(28)19-27(26)32-3/h8-11,18-19,25H,4-7,12-17H2,1-3H3. The van der Waals surface area contributed by atoms with Crippen molar-refractivity contribution in [2.45, 2.75) is 45.6 Å². The fourth-order valence-electron chi connectivity index (χ4n) is 4.51. The van der Waals surface area contributed by atoms with E-state index in [4.69, 9.17) is 9.47 Å². The zero-order valence-corrected chi connectivity index (χ0v) is 20.1. The van der Waals surface area contributed by atoms with E-state index in [9.17, 15) is 9.65 Å². The largest absolute Gasteiger partial charge is 0.493 e. The fourth-order valence-corrected chi connectivity index (χ4v) is 4.51. The Kier molecular flexibility index (Phi) is 9.53. The van der Waals surface area contributed by atoms with Crippen LogP contribution in [0.1, 0.15) is 55.3 Å². The van der Waals surface area contributed by atoms with Gasteiger partial charge in [-0.1, -0.05) is 38.3 Å². The van der Waals surface area contributed by atoms with Gasteiger partial charge in [0, 0.05) is 44.8 Å². The van der Waals surface area contributed by atoms with Crippen molar-refractivity contribution in [1.29, 1.82) is 5.26 Å². The molecule has 2 aromatic carbocycles. The van der Waals surface area contributed by atoms with Gasteiger partial charge in [0.15, 0.2) is 11.5 Å². The van der Waals surface area contributed by atoms with Crippen LogP contribution in [0.5, 0.6) is 11.5 Å². The summed E-state index contributed by atoms with van der Waals surface area (Å²) in [5, 5.41) is 9.28. The molecule has 0 N–H and O–H groups in total. The molecule has 33 heavy (non-hydrogen) atoms. The summed E-state index contributed by atoms with van der Waals surface area (Å²) in [6.45, 7) is 9.63. The van der Waals surface area contributed by atoms with Crippen molar-refractivity contribution in [1.82, 2.24) is 9.80 Å². The number of benzene rings is 2. The molecule has 2 aromatic rings. The fraction of sp³-hybridized carbons (Fsp3) is 0.519. The van der Waals surface area contributed by atoms with Crippen molar-refractivity contribution in [2.24, 2.45) is 0 Å². The van der Waals surface area contributed by atoms with E-state index in [1.165, 1.54) is 44.1 Å². The zero-order chi connectivity index (χ0) is 23.6. The maximum absolute atomic E-state index is 13.4. The number of nitrogens with zero attached hydrogens (tertiary/aromatic N) is 3. The van der Waals surface area contributed by atoms with Gasteiger partial charge < -0.3 is 9.47 Å². The summed E-state index contributed by atoms with van der Waals surface area (Å²) in [5.41, 5.74) is 3.14. The summed E-state index contributed by atoms with van der Waals surface area (Å²) >= 11 is 0. The van der Waals surface area contributed by atoms with Gasteiger partial charge >= 0.3 is 0 Å². The van der Waals surface area contributed by atoms with Gasteiger partial charge in [0.05, 0.1) is 18.7 Å². The summed E-state index contributed by atoms with van der Waals surface area (Å²) in [6.07, 6.45) is 4.82. The van der Waals surface area contributed by atoms with Gasteiger partial charge in [-0.25, -0.2) is 4.39 Å². The van der Waals surface area contributed by atoms with E-state index < -0.39 is 0 Å². The third kappa shape index (κ3) is 6.93. The molecule has 0 saturated carbocycles. The SMILES string of the molecule is CCCCCC(c1ccc(C#N)c(C)c1)N1CCN(CCOc2ccc(F)cc2OC)CC1. The van der Waals surface area contributed by atoms with Gasteiger partial charge in [-0.3, -0.25) is 9.80 Å². The molecule has 1 atom stereocenters. The predicted octanol–water partition coefficient (Wildman–Crippen LogP) is 5.33. The molecule has 0 aliphatic carbocycles. The van der Waals surface area contributed by atoms with Gasteiger partial charge in [-0.05, 0) is 42.7 Å². The minimum atomic E-state index is -0.332. The van der Waals surface area contributed by atoms with Crippen LogP contribution < -0.4 is 9.47 Å². The van der Waals surface area contributed by atoms with Gasteiger partial charge in [-0.15, -0.1) is 0 Å². The maximum atomic E-state index is 13.4. The molecule has 178 valence electrons. The highest BCUT2D eigenvalue weighted by Crippen LogP contribution is 2.30. The molecule has 0 aromatic heterocycles. The summed E-state index contributed by atoms with van der Waals surface area (Å²) < 4.78 is 24.4. The normalized spacial score (nSPS) is 15.7. The summed E-state index contributed by atoms with van der Waals surface area (Å²) in [5.74, 6) is 0.665. The average Bonchev–Trinajstić information content (AvgIpc) is 2.83. The molecule has 5 nitrogen and oxygen atoms in total. The first kappa shape index (κ1) is 25.0. The van der Waals surface area contributed by atoms with Crippen LogP contribution in [0.2, 0.25) is 0 Å². The first-order valence-electron chi connectivity index (χ1n) is 12.0. The van der Waals surface area contributed by atoms with Crippen LogP contribution in [0, 0.1) is 24.1 Å². The van der Waals surface area contributed by atoms with E-state index in [2.05, 4.69) is 34.9 Å². The number of hydrogen-bond acceptors (Lipinski definition) is 5. The summed E-state index contributed by atoms with van der Waals surface area (Å²) in [6, 6.07) is 13.3. The first-order chi connectivity index (χ1) is 16.0. The minimum Gasteiger partial charge on any atom is -0.493 e. The molecule has 1 fully saturated rings. The van der Waals surface area contributed by atoms with Crippen LogP contribution in [-0.2, 0) is 0 Å². The number of halogens is 1. The predicted molar refractivity (Wildman–Crippen MR) is 129 cm³/mol. The molecule has 0 spiro atoms. The van der Waals surface area contributed by atoms with E-state index in [-0.39, 0.29) is 5.82 Å². The molecule has 0 radical (unpaired) electrons. The number of unbranched alkanes of at least 4 members (excludes halogenated alkanes) is 2. The second kappa shape index (κ2) is 12.6. The van der Waals surface area contributed by atoms with Crippen LogP contribution in [0.25, 0.3) is 0 Å². The van der Waals surface area contributed by atoms with E-state index in [1.54, 1.807) is 6.07 Å². The van der Waals surface area contributed by atoms with Gasteiger partial charge in [0.25, 0.3) is 0 Å². The third-order valence-corrected chi connectivity index (χ3v) is 6.48. The summed E-state index contributed by atoms with van der Waals surface area (Å²) in [7, 11) is 1.52. The van der Waals surface area contributed by atoms with E-state index in [0.29, 0.717) is 24.1 Å². The topological polar surface area (TPSA) is 48.7 Å². The van der Waals surface area contributed by atoms with Crippen LogP contribution >= 0.6 is 0 Å². The highest BCUT2D eigenvalue weighted by Gasteiger charge is 2.25. The van der Waals surface area contributed by atoms with Gasteiger partial charge in [-0.2, -0.15) is 5.26 Å². The number of ether oxygens (including phenoxy) is 2. The molecule has 0 amide bonds. The Labute approximate surface area is 197 Å². The minimum absolute atomic E-state index is 0.332. The Balaban J connectivity index is 1.55. The van der Waals surface area contributed by atoms with Crippen molar-refractivity contribution in [3.8, 4) is 17.6 Å². The molecule has 1 aliphatic rings. The molecule has 1 saturated heterocycles. The lowest BCUT2D eigenvalue weighted by Crippen LogP contribution is -2.48. The number of piperazine rings is 1. The van der Waals surface area contributed by atoms with Crippen LogP contribution in [0.15, 0.2) is 36.4 Å². The monoisotopic (exact) mass is 453 g/mol. The molecule has 6 heteroatoms. The number of nitriles is 1. The van der Waals surface area contributed by atoms with Crippen LogP contribution in [0.3, 0.4) is 0 Å². The van der Waals surface area contributed by atoms with Gasteiger partial charge in [0.2, 0.25) is 0 Å². The Morgan fingerprint density at radius 3 is 2.52 bits per heavy atom. The van der Waals surface area contributed by atoms with Crippen LogP contribution in [-0.4, -0.2) is 56.2 Å². The molecular formula is C27H36FN3O2. The number of rotatable bonds is 11. The Hall–Kier alpha value is -2.62.